The first-order valence-corrected chi connectivity index (χ1v) is 7.74. The second-order valence-electron chi connectivity index (χ2n) is 5.27. The largest absolute Gasteiger partial charge is 0.303 e. The maximum Gasteiger partial charge on any atom is 0.123 e. The molecular formula is C16H30O2. The third-order valence-electron chi connectivity index (χ3n) is 3.52. The van der Waals surface area contributed by atoms with E-state index in [0.717, 1.165) is 25.4 Å². The van der Waals surface area contributed by atoms with Crippen LogP contribution >= 0.6 is 0 Å². The number of carbonyl (C=O) groups excluding carboxylic acids is 2. The molecule has 0 aromatic rings. The Hall–Kier alpha value is -0.660. The molecule has 0 radical (unpaired) electrons. The fourth-order valence-corrected chi connectivity index (χ4v) is 2.26. The smallest absolute Gasteiger partial charge is 0.123 e. The van der Waals surface area contributed by atoms with Crippen molar-refractivity contribution in [3.63, 3.8) is 0 Å². The molecule has 0 saturated heterocycles. The van der Waals surface area contributed by atoms with E-state index in [1.807, 2.05) is 0 Å². The van der Waals surface area contributed by atoms with Crippen molar-refractivity contribution in [1.82, 2.24) is 0 Å². The lowest BCUT2D eigenvalue weighted by Crippen LogP contribution is -2.02. The summed E-state index contributed by atoms with van der Waals surface area (Å²) in [5.41, 5.74) is 0. The Balaban J connectivity index is 3.15. The lowest BCUT2D eigenvalue weighted by Gasteiger charge is -2.06. The highest BCUT2D eigenvalue weighted by Crippen LogP contribution is 2.14. The second-order valence-corrected chi connectivity index (χ2v) is 5.27. The van der Waals surface area contributed by atoms with E-state index in [0.29, 0.717) is 6.42 Å². The predicted molar refractivity (Wildman–Crippen MR) is 76.7 cm³/mol. The van der Waals surface area contributed by atoms with Gasteiger partial charge in [0.25, 0.3) is 0 Å². The van der Waals surface area contributed by atoms with Gasteiger partial charge in [0.2, 0.25) is 0 Å². The molecule has 0 aromatic carbocycles. The topological polar surface area (TPSA) is 34.1 Å². The number of aldehydes is 2. The van der Waals surface area contributed by atoms with E-state index >= 15 is 0 Å². The minimum absolute atomic E-state index is 0.0310. The summed E-state index contributed by atoms with van der Waals surface area (Å²) in [4.78, 5) is 20.9. The fourth-order valence-electron chi connectivity index (χ4n) is 2.26. The van der Waals surface area contributed by atoms with Crippen molar-refractivity contribution in [3.8, 4) is 0 Å². The molecule has 1 unspecified atom stereocenters. The van der Waals surface area contributed by atoms with E-state index in [2.05, 4.69) is 6.92 Å². The van der Waals surface area contributed by atoms with Crippen molar-refractivity contribution in [2.24, 2.45) is 5.92 Å². The van der Waals surface area contributed by atoms with E-state index in [-0.39, 0.29) is 5.92 Å². The molecule has 0 amide bonds. The Morgan fingerprint density at radius 2 is 1.28 bits per heavy atom. The maximum absolute atomic E-state index is 10.6. The zero-order valence-electron chi connectivity index (χ0n) is 12.0. The van der Waals surface area contributed by atoms with Gasteiger partial charge in [-0.2, -0.15) is 0 Å². The molecule has 0 aliphatic carbocycles. The minimum atomic E-state index is -0.0310. The third kappa shape index (κ3) is 11.8. The molecule has 0 spiro atoms. The van der Waals surface area contributed by atoms with Crippen LogP contribution in [-0.2, 0) is 9.59 Å². The van der Waals surface area contributed by atoms with Gasteiger partial charge in [0.15, 0.2) is 0 Å². The number of rotatable bonds is 14. The molecule has 0 aliphatic rings. The molecule has 0 saturated carbocycles. The van der Waals surface area contributed by atoms with Gasteiger partial charge in [-0.1, -0.05) is 71.1 Å². The third-order valence-corrected chi connectivity index (χ3v) is 3.52. The molecule has 0 aliphatic heterocycles. The van der Waals surface area contributed by atoms with Crippen molar-refractivity contribution in [2.75, 3.05) is 0 Å². The Bertz CT molecular complexity index is 190. The SMILES string of the molecule is CCCCCCCCCCCCC(C=O)CC=O. The molecule has 1 atom stereocenters. The zero-order chi connectivity index (χ0) is 13.5. The zero-order valence-corrected chi connectivity index (χ0v) is 12.0. The molecule has 0 fully saturated rings. The minimum Gasteiger partial charge on any atom is -0.303 e. The maximum atomic E-state index is 10.6. The number of hydrogen-bond donors (Lipinski definition) is 0. The van der Waals surface area contributed by atoms with Gasteiger partial charge in [0.05, 0.1) is 0 Å². The highest BCUT2D eigenvalue weighted by atomic mass is 16.1. The summed E-state index contributed by atoms with van der Waals surface area (Å²) in [6.45, 7) is 2.25. The summed E-state index contributed by atoms with van der Waals surface area (Å²) < 4.78 is 0. The van der Waals surface area contributed by atoms with Crippen molar-refractivity contribution in [2.45, 2.75) is 84.0 Å². The molecule has 18 heavy (non-hydrogen) atoms. The molecule has 2 nitrogen and oxygen atoms in total. The predicted octanol–water partition coefficient (Wildman–Crippen LogP) is 4.70. The van der Waals surface area contributed by atoms with Crippen LogP contribution in [0.5, 0.6) is 0 Å². The van der Waals surface area contributed by atoms with Crippen molar-refractivity contribution >= 4 is 12.6 Å². The first-order valence-electron chi connectivity index (χ1n) is 7.74. The van der Waals surface area contributed by atoms with Gasteiger partial charge < -0.3 is 9.59 Å². The summed E-state index contributed by atoms with van der Waals surface area (Å²) in [6.07, 6.45) is 16.2. The number of hydrogen-bond acceptors (Lipinski definition) is 2. The van der Waals surface area contributed by atoms with Gasteiger partial charge in [0, 0.05) is 12.3 Å². The van der Waals surface area contributed by atoms with E-state index in [1.54, 1.807) is 0 Å². The van der Waals surface area contributed by atoms with E-state index in [9.17, 15) is 9.59 Å². The number of unbranched alkanes of at least 4 members (excludes halogenated alkanes) is 9. The summed E-state index contributed by atoms with van der Waals surface area (Å²) in [5.74, 6) is -0.0310. The molecule has 0 aromatic heterocycles. The first kappa shape index (κ1) is 17.3. The Morgan fingerprint density at radius 3 is 1.72 bits per heavy atom. The van der Waals surface area contributed by atoms with Gasteiger partial charge in [-0.15, -0.1) is 0 Å². The highest BCUT2D eigenvalue weighted by Gasteiger charge is 2.05. The van der Waals surface area contributed by atoms with Gasteiger partial charge in [-0.3, -0.25) is 0 Å². The summed E-state index contributed by atoms with van der Waals surface area (Å²) in [6, 6.07) is 0. The molecular weight excluding hydrogens is 224 g/mol. The lowest BCUT2D eigenvalue weighted by atomic mass is 9.99. The van der Waals surface area contributed by atoms with E-state index in [4.69, 9.17) is 0 Å². The average Bonchev–Trinajstić information content (AvgIpc) is 2.39. The summed E-state index contributed by atoms with van der Waals surface area (Å²) in [7, 11) is 0. The van der Waals surface area contributed by atoms with Crippen molar-refractivity contribution < 1.29 is 9.59 Å². The van der Waals surface area contributed by atoms with Crippen LogP contribution in [0.3, 0.4) is 0 Å². The van der Waals surface area contributed by atoms with E-state index in [1.165, 1.54) is 57.8 Å². The van der Waals surface area contributed by atoms with Crippen LogP contribution in [0.15, 0.2) is 0 Å². The molecule has 0 N–H and O–H groups in total. The van der Waals surface area contributed by atoms with Crippen LogP contribution in [0.4, 0.5) is 0 Å². The molecule has 0 bridgehead atoms. The average molecular weight is 254 g/mol. The molecule has 106 valence electrons. The van der Waals surface area contributed by atoms with Gasteiger partial charge in [-0.25, -0.2) is 0 Å². The van der Waals surface area contributed by atoms with Crippen LogP contribution in [0.25, 0.3) is 0 Å². The Morgan fingerprint density at radius 1 is 0.778 bits per heavy atom. The normalized spacial score (nSPS) is 12.3. The van der Waals surface area contributed by atoms with Crippen LogP contribution in [0.1, 0.15) is 84.0 Å². The van der Waals surface area contributed by atoms with Gasteiger partial charge in [-0.05, 0) is 6.42 Å². The van der Waals surface area contributed by atoms with Crippen molar-refractivity contribution in [1.29, 1.82) is 0 Å². The second kappa shape index (κ2) is 14.4. The summed E-state index contributed by atoms with van der Waals surface area (Å²) >= 11 is 0. The van der Waals surface area contributed by atoms with Crippen LogP contribution < -0.4 is 0 Å². The fraction of sp³-hybridized carbons (Fsp3) is 0.875. The number of carbonyl (C=O) groups is 2. The lowest BCUT2D eigenvalue weighted by molar-refractivity contribution is -0.115. The standard InChI is InChI=1S/C16H30O2/c1-2-3-4-5-6-7-8-9-10-11-12-16(15-18)13-14-17/h14-16H,2-13H2,1H3. The Kier molecular flexibility index (Phi) is 13.9. The van der Waals surface area contributed by atoms with Gasteiger partial charge in [0.1, 0.15) is 12.6 Å². The van der Waals surface area contributed by atoms with E-state index < -0.39 is 0 Å². The highest BCUT2D eigenvalue weighted by molar-refractivity contribution is 5.61. The van der Waals surface area contributed by atoms with Gasteiger partial charge >= 0.3 is 0 Å². The molecule has 0 heterocycles. The first-order chi connectivity index (χ1) is 8.85. The molecule has 0 rings (SSSR count). The monoisotopic (exact) mass is 254 g/mol. The van der Waals surface area contributed by atoms with Crippen molar-refractivity contribution in [3.05, 3.63) is 0 Å². The summed E-state index contributed by atoms with van der Waals surface area (Å²) in [5, 5.41) is 0. The Labute approximate surface area is 113 Å². The molecule has 2 heteroatoms. The van der Waals surface area contributed by atoms with Crippen LogP contribution in [-0.4, -0.2) is 12.6 Å². The quantitative estimate of drug-likeness (QED) is 0.332. The van der Waals surface area contributed by atoms with Crippen LogP contribution in [0, 0.1) is 5.92 Å². The van der Waals surface area contributed by atoms with Crippen LogP contribution in [0.2, 0.25) is 0 Å².